The second-order valence-corrected chi connectivity index (χ2v) is 7.51. The van der Waals surface area contributed by atoms with E-state index < -0.39 is 0 Å². The molecule has 0 aromatic carbocycles. The number of methoxy groups -OCH3 is 1. The van der Waals surface area contributed by atoms with Gasteiger partial charge in [-0.2, -0.15) is 0 Å². The first-order chi connectivity index (χ1) is 11.7. The van der Waals surface area contributed by atoms with E-state index in [0.29, 0.717) is 23.3 Å². The molecule has 1 heterocycles. The molecule has 3 aliphatic rings. The lowest BCUT2D eigenvalue weighted by Gasteiger charge is -2.27. The first-order valence-electron chi connectivity index (χ1n) is 8.29. The van der Waals surface area contributed by atoms with Crippen LogP contribution in [-0.4, -0.2) is 42.2 Å². The van der Waals surface area contributed by atoms with Gasteiger partial charge in [-0.05, 0) is 30.6 Å². The van der Waals surface area contributed by atoms with Gasteiger partial charge in [0.15, 0.2) is 0 Å². The lowest BCUT2D eigenvalue weighted by molar-refractivity contribution is -0.116. The molecule has 1 unspecified atom stereocenters. The molecule has 0 spiro atoms. The van der Waals surface area contributed by atoms with E-state index in [0.717, 1.165) is 11.3 Å². The van der Waals surface area contributed by atoms with Gasteiger partial charge in [-0.1, -0.05) is 18.9 Å². The van der Waals surface area contributed by atoms with Gasteiger partial charge >= 0.3 is 0 Å². The molecular formula is C18H22N2O3S. The smallest absolute Gasteiger partial charge is 0.256 e. The highest BCUT2D eigenvalue weighted by Crippen LogP contribution is 2.30. The molecular weight excluding hydrogens is 324 g/mol. The standard InChI is InChI=1S/C18H22N2O3S/c1-23-10-12-8-17(21)20-16-9-13(6-7-15(12)16)19-18(22)11-24-14-4-2-3-5-14/h6-9,14-15H,2-5,10-11H2,1H3,(H,20,21). The van der Waals surface area contributed by atoms with Crippen molar-refractivity contribution >= 4 is 29.3 Å². The lowest BCUT2D eigenvalue weighted by atomic mass is 9.88. The topological polar surface area (TPSA) is 67.8 Å². The Morgan fingerprint density at radius 2 is 2.17 bits per heavy atom. The molecule has 5 nitrogen and oxygen atoms in total. The monoisotopic (exact) mass is 346 g/mol. The molecule has 6 heteroatoms. The van der Waals surface area contributed by atoms with E-state index in [2.05, 4.69) is 10.3 Å². The van der Waals surface area contributed by atoms with Gasteiger partial charge in [-0.15, -0.1) is 11.8 Å². The van der Waals surface area contributed by atoms with E-state index >= 15 is 0 Å². The maximum atomic E-state index is 12.1. The number of thioether (sulfide) groups is 1. The summed E-state index contributed by atoms with van der Waals surface area (Å²) < 4.78 is 5.15. The largest absolute Gasteiger partial charge is 0.380 e. The summed E-state index contributed by atoms with van der Waals surface area (Å²) in [6.45, 7) is 0.406. The van der Waals surface area contributed by atoms with E-state index in [4.69, 9.17) is 4.74 Å². The summed E-state index contributed by atoms with van der Waals surface area (Å²) in [6, 6.07) is 0. The first kappa shape index (κ1) is 17.2. The van der Waals surface area contributed by atoms with Crippen LogP contribution in [0.2, 0.25) is 0 Å². The van der Waals surface area contributed by atoms with E-state index in [1.54, 1.807) is 31.0 Å². The van der Waals surface area contributed by atoms with Gasteiger partial charge in [0.2, 0.25) is 5.91 Å². The Bertz CT molecular complexity index is 643. The van der Waals surface area contributed by atoms with Crippen LogP contribution in [0.4, 0.5) is 0 Å². The van der Waals surface area contributed by atoms with Gasteiger partial charge in [0.1, 0.15) is 0 Å². The highest BCUT2D eigenvalue weighted by atomic mass is 32.2. The minimum Gasteiger partial charge on any atom is -0.380 e. The van der Waals surface area contributed by atoms with E-state index in [1.165, 1.54) is 25.7 Å². The normalized spacial score (nSPS) is 25.3. The van der Waals surface area contributed by atoms with Crippen LogP contribution in [0, 0.1) is 5.92 Å². The molecule has 2 aliphatic carbocycles. The Balaban J connectivity index is 1.64. The molecule has 3 rings (SSSR count). The molecule has 0 bridgehead atoms. The number of nitrogens with one attached hydrogen (secondary N) is 1. The minimum atomic E-state index is -0.165. The molecule has 0 radical (unpaired) electrons. The minimum absolute atomic E-state index is 0.00966. The van der Waals surface area contributed by atoms with Crippen molar-refractivity contribution < 1.29 is 14.3 Å². The fraction of sp³-hybridized carbons (Fsp3) is 0.500. The number of amides is 2. The van der Waals surface area contributed by atoms with Crippen molar-refractivity contribution in [2.45, 2.75) is 30.9 Å². The Kier molecular flexibility index (Phi) is 5.68. The van der Waals surface area contributed by atoms with Gasteiger partial charge in [0.05, 0.1) is 18.1 Å². The van der Waals surface area contributed by atoms with Gasteiger partial charge < -0.3 is 10.1 Å². The quantitative estimate of drug-likeness (QED) is 0.830. The second-order valence-electron chi connectivity index (χ2n) is 6.23. The molecule has 0 aromatic heterocycles. The van der Waals surface area contributed by atoms with Crippen molar-refractivity contribution in [3.63, 3.8) is 0 Å². The highest BCUT2D eigenvalue weighted by molar-refractivity contribution is 8.00. The van der Waals surface area contributed by atoms with Crippen molar-refractivity contribution in [1.29, 1.82) is 0 Å². The van der Waals surface area contributed by atoms with Crippen LogP contribution in [0.1, 0.15) is 25.7 Å². The van der Waals surface area contributed by atoms with Gasteiger partial charge in [-0.25, -0.2) is 4.99 Å². The third-order valence-electron chi connectivity index (χ3n) is 4.39. The summed E-state index contributed by atoms with van der Waals surface area (Å²) in [7, 11) is 1.61. The molecule has 1 fully saturated rings. The number of fused-ring (bicyclic) bond motifs is 1. The zero-order valence-electron chi connectivity index (χ0n) is 13.8. The van der Waals surface area contributed by atoms with Crippen molar-refractivity contribution in [3.05, 3.63) is 35.6 Å². The third-order valence-corrected chi connectivity index (χ3v) is 5.75. The van der Waals surface area contributed by atoms with Crippen molar-refractivity contribution in [2.75, 3.05) is 19.5 Å². The van der Waals surface area contributed by atoms with Crippen LogP contribution in [0.25, 0.3) is 0 Å². The van der Waals surface area contributed by atoms with E-state index in [9.17, 15) is 9.59 Å². The zero-order chi connectivity index (χ0) is 16.9. The zero-order valence-corrected chi connectivity index (χ0v) is 14.6. The molecule has 2 amide bonds. The fourth-order valence-electron chi connectivity index (χ4n) is 3.26. The molecule has 0 saturated heterocycles. The molecule has 24 heavy (non-hydrogen) atoms. The molecule has 1 saturated carbocycles. The number of nitrogens with zero attached hydrogens (tertiary/aromatic N) is 1. The van der Waals surface area contributed by atoms with E-state index in [-0.39, 0.29) is 17.7 Å². The number of aliphatic imine (C=N–C) groups is 1. The van der Waals surface area contributed by atoms with E-state index in [1.807, 2.05) is 12.2 Å². The van der Waals surface area contributed by atoms with Gasteiger partial charge in [0.25, 0.3) is 5.91 Å². The highest BCUT2D eigenvalue weighted by Gasteiger charge is 2.26. The molecule has 1 atom stereocenters. The molecule has 128 valence electrons. The van der Waals surface area contributed by atoms with Gasteiger partial charge in [-0.3, -0.25) is 9.59 Å². The first-order valence-corrected chi connectivity index (χ1v) is 9.34. The maximum Gasteiger partial charge on any atom is 0.256 e. The Morgan fingerprint density at radius 3 is 2.92 bits per heavy atom. The number of hydrogen-bond donors (Lipinski definition) is 1. The van der Waals surface area contributed by atoms with Crippen LogP contribution in [0.3, 0.4) is 0 Å². The number of rotatable bonds is 5. The van der Waals surface area contributed by atoms with Crippen molar-refractivity contribution in [2.24, 2.45) is 10.9 Å². The summed E-state index contributed by atoms with van der Waals surface area (Å²) in [5.41, 5.74) is 2.26. The van der Waals surface area contributed by atoms with Gasteiger partial charge in [0, 0.05) is 30.1 Å². The average Bonchev–Trinajstić information content (AvgIpc) is 3.06. The van der Waals surface area contributed by atoms with Crippen LogP contribution < -0.4 is 5.32 Å². The SMILES string of the molecule is COCC1=CC(=O)NC2=CC(=NC(=O)CSC3CCCC3)C=CC12. The Labute approximate surface area is 146 Å². The fourth-order valence-corrected chi connectivity index (χ4v) is 4.37. The van der Waals surface area contributed by atoms with Crippen LogP contribution in [-0.2, 0) is 14.3 Å². The number of carbonyl (C=O) groups is 2. The number of allylic oxidation sites excluding steroid dienone is 3. The summed E-state index contributed by atoms with van der Waals surface area (Å²) in [4.78, 5) is 28.0. The van der Waals surface area contributed by atoms with Crippen LogP contribution in [0.5, 0.6) is 0 Å². The van der Waals surface area contributed by atoms with Crippen LogP contribution in [0.15, 0.2) is 40.6 Å². The van der Waals surface area contributed by atoms with Crippen molar-refractivity contribution in [1.82, 2.24) is 5.32 Å². The van der Waals surface area contributed by atoms with Crippen LogP contribution >= 0.6 is 11.8 Å². The Hall–Kier alpha value is -1.66. The summed E-state index contributed by atoms with van der Waals surface area (Å²) in [5.74, 6) is 0.138. The molecule has 0 aromatic rings. The number of carbonyl (C=O) groups excluding carboxylic acids is 2. The number of ether oxygens (including phenoxy) is 1. The predicted octanol–water partition coefficient (Wildman–Crippen LogP) is 2.40. The second kappa shape index (κ2) is 7.94. The number of hydrogen-bond acceptors (Lipinski definition) is 4. The summed E-state index contributed by atoms with van der Waals surface area (Å²) in [5, 5.41) is 3.44. The Morgan fingerprint density at radius 1 is 1.38 bits per heavy atom. The lowest BCUT2D eigenvalue weighted by Crippen LogP contribution is -2.34. The molecule has 1 aliphatic heterocycles. The van der Waals surface area contributed by atoms with Crippen molar-refractivity contribution in [3.8, 4) is 0 Å². The molecule has 1 N–H and O–H groups in total. The predicted molar refractivity (Wildman–Crippen MR) is 96.0 cm³/mol. The third kappa shape index (κ3) is 4.24. The summed E-state index contributed by atoms with van der Waals surface area (Å²) in [6.07, 6.45) is 12.1. The average molecular weight is 346 g/mol. The maximum absolute atomic E-state index is 12.1. The summed E-state index contributed by atoms with van der Waals surface area (Å²) >= 11 is 1.71.